The van der Waals surface area contributed by atoms with Gasteiger partial charge in [-0.3, -0.25) is 9.59 Å². The highest BCUT2D eigenvalue weighted by molar-refractivity contribution is 6.33. The summed E-state index contributed by atoms with van der Waals surface area (Å²) in [6.07, 6.45) is 2.00. The predicted octanol–water partition coefficient (Wildman–Crippen LogP) is 3.56. The largest absolute Gasteiger partial charge is 0.343 e. The number of para-hydroxylation sites is 1. The quantitative estimate of drug-likeness (QED) is 0.921. The van der Waals surface area contributed by atoms with Crippen LogP contribution in [0.4, 0.5) is 5.69 Å². The van der Waals surface area contributed by atoms with Crippen LogP contribution >= 0.6 is 11.6 Å². The number of carbonyl (C=O) groups is 2. The van der Waals surface area contributed by atoms with E-state index in [0.717, 1.165) is 0 Å². The SMILES string of the molecule is CC(C)CC(=O)N1CCC(C(=O)Nc2ccccc2Cl)CC1. The van der Waals surface area contributed by atoms with E-state index in [-0.39, 0.29) is 17.7 Å². The molecule has 1 aliphatic heterocycles. The number of anilines is 1. The molecule has 120 valence electrons. The van der Waals surface area contributed by atoms with Crippen molar-refractivity contribution >= 4 is 29.1 Å². The van der Waals surface area contributed by atoms with Crippen molar-refractivity contribution in [2.24, 2.45) is 11.8 Å². The van der Waals surface area contributed by atoms with Gasteiger partial charge in [-0.15, -0.1) is 0 Å². The van der Waals surface area contributed by atoms with Crippen molar-refractivity contribution in [2.75, 3.05) is 18.4 Å². The topological polar surface area (TPSA) is 49.4 Å². The average molecular weight is 323 g/mol. The van der Waals surface area contributed by atoms with E-state index in [1.807, 2.05) is 30.9 Å². The fourth-order valence-electron chi connectivity index (χ4n) is 2.67. The maximum Gasteiger partial charge on any atom is 0.227 e. The van der Waals surface area contributed by atoms with Crippen molar-refractivity contribution in [2.45, 2.75) is 33.1 Å². The monoisotopic (exact) mass is 322 g/mol. The van der Waals surface area contributed by atoms with Crippen LogP contribution in [-0.2, 0) is 9.59 Å². The lowest BCUT2D eigenvalue weighted by Gasteiger charge is -2.31. The number of benzene rings is 1. The van der Waals surface area contributed by atoms with E-state index in [4.69, 9.17) is 11.6 Å². The standard InChI is InChI=1S/C17H23ClN2O2/c1-12(2)11-16(21)20-9-7-13(8-10-20)17(22)19-15-6-4-3-5-14(15)18/h3-6,12-13H,7-11H2,1-2H3,(H,19,22). The number of amides is 2. The second kappa shape index (κ2) is 7.63. The number of halogens is 1. The zero-order chi connectivity index (χ0) is 16.1. The van der Waals surface area contributed by atoms with Crippen LogP contribution in [0.5, 0.6) is 0 Å². The van der Waals surface area contributed by atoms with Crippen molar-refractivity contribution < 1.29 is 9.59 Å². The Bertz CT molecular complexity index is 537. The first-order valence-corrected chi connectivity index (χ1v) is 8.18. The molecule has 2 amide bonds. The fraction of sp³-hybridized carbons (Fsp3) is 0.529. The molecule has 0 aromatic heterocycles. The third-order valence-corrected chi connectivity index (χ3v) is 4.26. The highest BCUT2D eigenvalue weighted by Gasteiger charge is 2.27. The molecule has 1 saturated heterocycles. The van der Waals surface area contributed by atoms with Gasteiger partial charge in [0.1, 0.15) is 0 Å². The second-order valence-corrected chi connectivity index (χ2v) is 6.63. The summed E-state index contributed by atoms with van der Waals surface area (Å²) in [5.74, 6) is 0.497. The molecule has 0 unspecified atom stereocenters. The van der Waals surface area contributed by atoms with Crippen LogP contribution in [0.15, 0.2) is 24.3 Å². The van der Waals surface area contributed by atoms with Gasteiger partial charge in [0.15, 0.2) is 0 Å². The normalized spacial score (nSPS) is 15.9. The zero-order valence-corrected chi connectivity index (χ0v) is 13.9. The van der Waals surface area contributed by atoms with Gasteiger partial charge in [0.05, 0.1) is 10.7 Å². The molecular formula is C17H23ClN2O2. The van der Waals surface area contributed by atoms with E-state index in [1.165, 1.54) is 0 Å². The van der Waals surface area contributed by atoms with Gasteiger partial charge in [0.2, 0.25) is 11.8 Å². The van der Waals surface area contributed by atoms with Crippen LogP contribution < -0.4 is 5.32 Å². The molecule has 0 radical (unpaired) electrons. The summed E-state index contributed by atoms with van der Waals surface area (Å²) >= 11 is 6.05. The third-order valence-electron chi connectivity index (χ3n) is 3.93. The molecule has 22 heavy (non-hydrogen) atoms. The molecule has 1 aliphatic rings. The highest BCUT2D eigenvalue weighted by atomic mass is 35.5. The van der Waals surface area contributed by atoms with Gasteiger partial charge in [-0.25, -0.2) is 0 Å². The van der Waals surface area contributed by atoms with Gasteiger partial charge < -0.3 is 10.2 Å². The molecule has 0 saturated carbocycles. The summed E-state index contributed by atoms with van der Waals surface area (Å²) in [5.41, 5.74) is 0.646. The Kier molecular flexibility index (Phi) is 5.83. The number of likely N-dealkylation sites (tertiary alicyclic amines) is 1. The van der Waals surface area contributed by atoms with E-state index < -0.39 is 0 Å². The van der Waals surface area contributed by atoms with E-state index >= 15 is 0 Å². The number of nitrogens with one attached hydrogen (secondary N) is 1. The van der Waals surface area contributed by atoms with Gasteiger partial charge in [-0.05, 0) is 30.9 Å². The van der Waals surface area contributed by atoms with Crippen LogP contribution in [-0.4, -0.2) is 29.8 Å². The van der Waals surface area contributed by atoms with Gasteiger partial charge in [-0.2, -0.15) is 0 Å². The molecule has 1 N–H and O–H groups in total. The van der Waals surface area contributed by atoms with Crippen molar-refractivity contribution in [1.29, 1.82) is 0 Å². The summed E-state index contributed by atoms with van der Waals surface area (Å²) in [7, 11) is 0. The minimum Gasteiger partial charge on any atom is -0.343 e. The maximum atomic E-state index is 12.3. The molecule has 0 bridgehead atoms. The lowest BCUT2D eigenvalue weighted by Crippen LogP contribution is -2.41. The van der Waals surface area contributed by atoms with Crippen LogP contribution in [0.25, 0.3) is 0 Å². The summed E-state index contributed by atoms with van der Waals surface area (Å²) in [4.78, 5) is 26.2. The summed E-state index contributed by atoms with van der Waals surface area (Å²) in [6, 6.07) is 7.22. The van der Waals surface area contributed by atoms with Crippen LogP contribution in [0.3, 0.4) is 0 Å². The van der Waals surface area contributed by atoms with Crippen LogP contribution in [0.2, 0.25) is 5.02 Å². The minimum atomic E-state index is -0.0561. The fourth-order valence-corrected chi connectivity index (χ4v) is 2.85. The summed E-state index contributed by atoms with van der Waals surface area (Å²) < 4.78 is 0. The van der Waals surface area contributed by atoms with E-state index in [9.17, 15) is 9.59 Å². The van der Waals surface area contributed by atoms with E-state index in [2.05, 4.69) is 5.32 Å². The smallest absolute Gasteiger partial charge is 0.227 e. The molecule has 0 spiro atoms. The molecule has 1 aromatic rings. The zero-order valence-electron chi connectivity index (χ0n) is 13.1. The van der Waals surface area contributed by atoms with E-state index in [0.29, 0.717) is 49.0 Å². The van der Waals surface area contributed by atoms with Gasteiger partial charge in [0, 0.05) is 25.4 Å². The van der Waals surface area contributed by atoms with Crippen molar-refractivity contribution in [3.63, 3.8) is 0 Å². The van der Waals surface area contributed by atoms with Gasteiger partial charge in [-0.1, -0.05) is 37.6 Å². The molecule has 5 heteroatoms. The van der Waals surface area contributed by atoms with Crippen molar-refractivity contribution in [3.8, 4) is 0 Å². The van der Waals surface area contributed by atoms with Crippen LogP contribution in [0, 0.1) is 11.8 Å². The number of hydrogen-bond acceptors (Lipinski definition) is 2. The Morgan fingerprint density at radius 1 is 1.27 bits per heavy atom. The molecule has 4 nitrogen and oxygen atoms in total. The Morgan fingerprint density at radius 3 is 2.50 bits per heavy atom. The van der Waals surface area contributed by atoms with Crippen molar-refractivity contribution in [3.05, 3.63) is 29.3 Å². The maximum absolute atomic E-state index is 12.3. The minimum absolute atomic E-state index is 0.0101. The van der Waals surface area contributed by atoms with E-state index in [1.54, 1.807) is 12.1 Å². The average Bonchev–Trinajstić information content (AvgIpc) is 2.49. The van der Waals surface area contributed by atoms with Gasteiger partial charge in [0.25, 0.3) is 0 Å². The molecule has 0 atom stereocenters. The van der Waals surface area contributed by atoms with Crippen molar-refractivity contribution in [1.82, 2.24) is 4.90 Å². The molecule has 1 fully saturated rings. The second-order valence-electron chi connectivity index (χ2n) is 6.22. The number of piperidine rings is 1. The molecule has 0 aliphatic carbocycles. The number of nitrogens with zero attached hydrogens (tertiary/aromatic N) is 1. The highest BCUT2D eigenvalue weighted by Crippen LogP contribution is 2.24. The van der Waals surface area contributed by atoms with Gasteiger partial charge >= 0.3 is 0 Å². The Labute approximate surface area is 136 Å². The molecule has 1 heterocycles. The third kappa shape index (κ3) is 4.47. The first-order chi connectivity index (χ1) is 10.5. The first kappa shape index (κ1) is 16.8. The summed E-state index contributed by atoms with van der Waals surface area (Å²) in [6.45, 7) is 5.40. The number of rotatable bonds is 4. The molecule has 2 rings (SSSR count). The Morgan fingerprint density at radius 2 is 1.91 bits per heavy atom. The first-order valence-electron chi connectivity index (χ1n) is 7.80. The Balaban J connectivity index is 1.85. The number of carbonyl (C=O) groups excluding carboxylic acids is 2. The lowest BCUT2D eigenvalue weighted by atomic mass is 9.95. The molecular weight excluding hydrogens is 300 g/mol. The molecule has 1 aromatic carbocycles. The van der Waals surface area contributed by atoms with Crippen LogP contribution in [0.1, 0.15) is 33.1 Å². The number of hydrogen-bond donors (Lipinski definition) is 1. The predicted molar refractivity (Wildman–Crippen MR) is 88.8 cm³/mol. The lowest BCUT2D eigenvalue weighted by molar-refractivity contribution is -0.135. The summed E-state index contributed by atoms with van der Waals surface area (Å²) in [5, 5.41) is 3.42. The Hall–Kier alpha value is -1.55.